The van der Waals surface area contributed by atoms with Gasteiger partial charge >= 0.3 is 0 Å². The van der Waals surface area contributed by atoms with E-state index < -0.39 is 5.82 Å². The van der Waals surface area contributed by atoms with Gasteiger partial charge in [0.05, 0.1) is 0 Å². The fourth-order valence-electron chi connectivity index (χ4n) is 3.10. The molecule has 0 atom stereocenters. The topological polar surface area (TPSA) is 84.6 Å². The molecule has 2 aromatic heterocycles. The number of aryl methyl sites for hydroxylation is 1. The molecule has 0 radical (unpaired) electrons. The Morgan fingerprint density at radius 2 is 1.97 bits per heavy atom. The van der Waals surface area contributed by atoms with Crippen molar-refractivity contribution in [2.24, 2.45) is 0 Å². The molecule has 1 fully saturated rings. The number of amides is 1. The summed E-state index contributed by atoms with van der Waals surface area (Å²) in [5.74, 6) is 1.28. The summed E-state index contributed by atoms with van der Waals surface area (Å²) < 4.78 is 23.9. The summed E-state index contributed by atoms with van der Waals surface area (Å²) >= 11 is 0. The summed E-state index contributed by atoms with van der Waals surface area (Å²) in [6.07, 6.45) is 1.71. The highest BCUT2D eigenvalue weighted by Gasteiger charge is 2.22. The predicted molar refractivity (Wildman–Crippen MR) is 103 cm³/mol. The van der Waals surface area contributed by atoms with Gasteiger partial charge in [-0.3, -0.25) is 4.79 Å². The van der Waals surface area contributed by atoms with Crippen molar-refractivity contribution in [3.8, 4) is 17.1 Å². The molecule has 1 saturated heterocycles. The highest BCUT2D eigenvalue weighted by Crippen LogP contribution is 2.20. The van der Waals surface area contributed by atoms with Crippen LogP contribution in [0.25, 0.3) is 11.4 Å². The van der Waals surface area contributed by atoms with Crippen LogP contribution in [0.4, 0.5) is 10.2 Å². The lowest BCUT2D eigenvalue weighted by atomic mass is 10.2. The molecule has 3 aromatic rings. The lowest BCUT2D eigenvalue weighted by Gasteiger charge is -2.35. The van der Waals surface area contributed by atoms with Crippen LogP contribution in [0.15, 0.2) is 47.1 Å². The number of nitrogens with zero attached hydrogens (tertiary/aromatic N) is 5. The third kappa shape index (κ3) is 4.34. The van der Waals surface area contributed by atoms with Gasteiger partial charge in [0.1, 0.15) is 5.82 Å². The molecule has 150 valence electrons. The van der Waals surface area contributed by atoms with Crippen LogP contribution in [0.5, 0.6) is 5.75 Å². The van der Waals surface area contributed by atoms with Crippen molar-refractivity contribution in [2.75, 3.05) is 37.7 Å². The molecule has 0 aliphatic carbocycles. The van der Waals surface area contributed by atoms with E-state index in [1.54, 1.807) is 30.2 Å². The number of piperazine rings is 1. The van der Waals surface area contributed by atoms with E-state index in [1.165, 1.54) is 12.1 Å². The lowest BCUT2D eigenvalue weighted by molar-refractivity contribution is -0.133. The van der Waals surface area contributed by atoms with Crippen LogP contribution < -0.4 is 9.64 Å². The molecule has 1 aromatic carbocycles. The zero-order valence-corrected chi connectivity index (χ0v) is 15.9. The molecule has 0 bridgehead atoms. The molecule has 0 unspecified atom stereocenters. The van der Waals surface area contributed by atoms with Gasteiger partial charge in [-0.25, -0.2) is 9.37 Å². The molecular formula is C20H20FN5O3. The molecule has 1 aliphatic rings. The monoisotopic (exact) mass is 397 g/mol. The molecule has 8 nitrogen and oxygen atoms in total. The fraction of sp³-hybridized carbons (Fsp3) is 0.300. The summed E-state index contributed by atoms with van der Waals surface area (Å²) in [4.78, 5) is 24.8. The van der Waals surface area contributed by atoms with E-state index in [-0.39, 0.29) is 18.3 Å². The Bertz CT molecular complexity index is 984. The maximum atomic E-state index is 13.6. The number of carbonyl (C=O) groups excluding carboxylic acids is 1. The van der Waals surface area contributed by atoms with E-state index in [9.17, 15) is 9.18 Å². The van der Waals surface area contributed by atoms with Crippen LogP contribution in [0.1, 0.15) is 5.89 Å². The number of hydrogen-bond acceptors (Lipinski definition) is 7. The van der Waals surface area contributed by atoms with E-state index in [0.29, 0.717) is 37.9 Å². The zero-order valence-electron chi connectivity index (χ0n) is 15.9. The van der Waals surface area contributed by atoms with Gasteiger partial charge in [-0.05, 0) is 24.3 Å². The highest BCUT2D eigenvalue weighted by atomic mass is 19.1. The Morgan fingerprint density at radius 3 is 2.62 bits per heavy atom. The van der Waals surface area contributed by atoms with Gasteiger partial charge in [-0.2, -0.15) is 4.98 Å². The van der Waals surface area contributed by atoms with E-state index in [0.717, 1.165) is 11.4 Å². The van der Waals surface area contributed by atoms with Crippen molar-refractivity contribution in [3.05, 3.63) is 54.3 Å². The standard InChI is InChI=1S/C20H20FN5O3/c1-14-23-20(24-29-14)15-6-7-18(22-12-15)25-8-10-26(11-9-25)19(27)13-28-17-5-3-2-4-16(17)21/h2-7,12H,8-11,13H2,1H3. The second-order valence-electron chi connectivity index (χ2n) is 6.63. The number of carbonyl (C=O) groups is 1. The minimum atomic E-state index is -0.476. The van der Waals surface area contributed by atoms with Crippen molar-refractivity contribution in [1.82, 2.24) is 20.0 Å². The molecule has 9 heteroatoms. The van der Waals surface area contributed by atoms with Gasteiger partial charge in [0.2, 0.25) is 11.7 Å². The quantitative estimate of drug-likeness (QED) is 0.653. The predicted octanol–water partition coefficient (Wildman–Crippen LogP) is 2.31. The number of halogens is 1. The maximum absolute atomic E-state index is 13.6. The van der Waals surface area contributed by atoms with Crippen LogP contribution in [-0.4, -0.2) is 58.7 Å². The number of para-hydroxylation sites is 1. The fourth-order valence-corrected chi connectivity index (χ4v) is 3.10. The molecule has 4 rings (SSSR count). The van der Waals surface area contributed by atoms with Gasteiger partial charge in [0, 0.05) is 44.9 Å². The number of rotatable bonds is 5. The molecule has 3 heterocycles. The Morgan fingerprint density at radius 1 is 1.17 bits per heavy atom. The first kappa shape index (κ1) is 18.9. The normalized spacial score (nSPS) is 14.1. The second kappa shape index (κ2) is 8.26. The first-order valence-electron chi connectivity index (χ1n) is 9.27. The number of benzene rings is 1. The zero-order chi connectivity index (χ0) is 20.2. The maximum Gasteiger partial charge on any atom is 0.260 e. The van der Waals surface area contributed by atoms with Crippen LogP contribution in [0, 0.1) is 12.7 Å². The molecule has 0 spiro atoms. The van der Waals surface area contributed by atoms with Crippen molar-refractivity contribution >= 4 is 11.7 Å². The number of hydrogen-bond donors (Lipinski definition) is 0. The number of aromatic nitrogens is 3. The summed E-state index contributed by atoms with van der Waals surface area (Å²) in [5.41, 5.74) is 0.782. The van der Waals surface area contributed by atoms with E-state index >= 15 is 0 Å². The van der Waals surface area contributed by atoms with Gasteiger partial charge in [0.25, 0.3) is 5.91 Å². The van der Waals surface area contributed by atoms with Gasteiger partial charge in [0.15, 0.2) is 18.2 Å². The van der Waals surface area contributed by atoms with Crippen molar-refractivity contribution in [2.45, 2.75) is 6.92 Å². The third-order valence-electron chi connectivity index (χ3n) is 4.68. The molecule has 0 N–H and O–H groups in total. The SMILES string of the molecule is Cc1nc(-c2ccc(N3CCN(C(=O)COc4ccccc4F)CC3)nc2)no1. The Hall–Kier alpha value is -3.49. The number of anilines is 1. The van der Waals surface area contributed by atoms with Crippen molar-refractivity contribution in [1.29, 1.82) is 0 Å². The summed E-state index contributed by atoms with van der Waals surface area (Å²) in [6, 6.07) is 9.85. The average molecular weight is 397 g/mol. The first-order valence-corrected chi connectivity index (χ1v) is 9.27. The van der Waals surface area contributed by atoms with Crippen molar-refractivity contribution in [3.63, 3.8) is 0 Å². The number of ether oxygens (including phenoxy) is 1. The molecule has 1 amide bonds. The number of pyridine rings is 1. The van der Waals surface area contributed by atoms with E-state index in [1.807, 2.05) is 12.1 Å². The Kier molecular flexibility index (Phi) is 5.37. The third-order valence-corrected chi connectivity index (χ3v) is 4.68. The Labute approximate surface area is 166 Å². The molecule has 1 aliphatic heterocycles. The van der Waals surface area contributed by atoms with E-state index in [4.69, 9.17) is 9.26 Å². The first-order chi connectivity index (χ1) is 14.1. The van der Waals surface area contributed by atoms with Crippen LogP contribution >= 0.6 is 0 Å². The van der Waals surface area contributed by atoms with E-state index in [2.05, 4.69) is 20.0 Å². The summed E-state index contributed by atoms with van der Waals surface area (Å²) in [6.45, 7) is 3.95. The molecular weight excluding hydrogens is 377 g/mol. The minimum Gasteiger partial charge on any atom is -0.481 e. The minimum absolute atomic E-state index is 0.0839. The summed E-state index contributed by atoms with van der Waals surface area (Å²) in [7, 11) is 0. The highest BCUT2D eigenvalue weighted by molar-refractivity contribution is 5.78. The average Bonchev–Trinajstić information content (AvgIpc) is 3.19. The van der Waals surface area contributed by atoms with Gasteiger partial charge in [-0.1, -0.05) is 17.3 Å². The van der Waals surface area contributed by atoms with Gasteiger partial charge in [-0.15, -0.1) is 0 Å². The molecule has 29 heavy (non-hydrogen) atoms. The molecule has 0 saturated carbocycles. The smallest absolute Gasteiger partial charge is 0.260 e. The largest absolute Gasteiger partial charge is 0.481 e. The summed E-state index contributed by atoms with van der Waals surface area (Å²) in [5, 5.41) is 3.88. The second-order valence-corrected chi connectivity index (χ2v) is 6.63. The lowest BCUT2D eigenvalue weighted by Crippen LogP contribution is -2.50. The Balaban J connectivity index is 1.30. The van der Waals surface area contributed by atoms with Crippen LogP contribution in [-0.2, 0) is 4.79 Å². The van der Waals surface area contributed by atoms with Crippen LogP contribution in [0.2, 0.25) is 0 Å². The van der Waals surface area contributed by atoms with Crippen molar-refractivity contribution < 1.29 is 18.4 Å². The van der Waals surface area contributed by atoms with Gasteiger partial charge < -0.3 is 19.1 Å². The van der Waals surface area contributed by atoms with Crippen LogP contribution in [0.3, 0.4) is 0 Å².